The number of hydrogen-bond acceptors (Lipinski definition) is 4. The van der Waals surface area contributed by atoms with Gasteiger partial charge in [0.15, 0.2) is 5.82 Å². The van der Waals surface area contributed by atoms with Crippen LogP contribution in [0, 0.1) is 18.7 Å². The molecular weight excluding hydrogens is 461 g/mol. The number of halogens is 1. The SMILES string of the molecule is CC[C@H]1CCCCN1C(=O)C[C@H](NC(=O)CCC(C)C)C(=O)N[C@@H](C)c1nc2c(F)cc(C)cc2[nH]1. The Morgan fingerprint density at radius 2 is 1.94 bits per heavy atom. The molecule has 3 rings (SSSR count). The number of H-pyrrole nitrogens is 1. The number of aromatic amines is 1. The number of carbonyl (C=O) groups is 3. The van der Waals surface area contributed by atoms with Crippen LogP contribution in [0.4, 0.5) is 4.39 Å². The van der Waals surface area contributed by atoms with E-state index in [0.29, 0.717) is 30.2 Å². The summed E-state index contributed by atoms with van der Waals surface area (Å²) < 4.78 is 14.3. The van der Waals surface area contributed by atoms with Crippen LogP contribution in [0.1, 0.15) is 90.1 Å². The molecular formula is C27H40FN5O3. The van der Waals surface area contributed by atoms with Crippen LogP contribution in [0.2, 0.25) is 0 Å². The highest BCUT2D eigenvalue weighted by atomic mass is 19.1. The highest BCUT2D eigenvalue weighted by Gasteiger charge is 2.31. The minimum atomic E-state index is -0.998. The number of piperidine rings is 1. The molecule has 1 aromatic carbocycles. The molecule has 1 saturated heterocycles. The molecule has 36 heavy (non-hydrogen) atoms. The molecule has 0 bridgehead atoms. The minimum absolute atomic E-state index is 0.101. The van der Waals surface area contributed by atoms with Crippen molar-refractivity contribution in [2.24, 2.45) is 5.92 Å². The topological polar surface area (TPSA) is 107 Å². The van der Waals surface area contributed by atoms with Gasteiger partial charge in [-0.15, -0.1) is 0 Å². The fraction of sp³-hybridized carbons (Fsp3) is 0.630. The molecule has 3 atom stereocenters. The predicted molar refractivity (Wildman–Crippen MR) is 138 cm³/mol. The predicted octanol–water partition coefficient (Wildman–Crippen LogP) is 4.29. The van der Waals surface area contributed by atoms with Crippen LogP contribution in [0.5, 0.6) is 0 Å². The van der Waals surface area contributed by atoms with E-state index in [0.717, 1.165) is 31.2 Å². The number of benzene rings is 1. The van der Waals surface area contributed by atoms with Gasteiger partial charge in [-0.05, 0) is 69.6 Å². The van der Waals surface area contributed by atoms with E-state index in [1.54, 1.807) is 19.9 Å². The Morgan fingerprint density at radius 3 is 2.64 bits per heavy atom. The molecule has 0 spiro atoms. The number of nitrogens with zero attached hydrogens (tertiary/aromatic N) is 2. The van der Waals surface area contributed by atoms with E-state index >= 15 is 0 Å². The van der Waals surface area contributed by atoms with Crippen molar-refractivity contribution < 1.29 is 18.8 Å². The van der Waals surface area contributed by atoms with E-state index in [-0.39, 0.29) is 36.2 Å². The summed E-state index contributed by atoms with van der Waals surface area (Å²) in [6.45, 7) is 10.3. The molecule has 198 valence electrons. The average molecular weight is 502 g/mol. The van der Waals surface area contributed by atoms with E-state index in [4.69, 9.17) is 0 Å². The first-order valence-electron chi connectivity index (χ1n) is 13.1. The van der Waals surface area contributed by atoms with Crippen molar-refractivity contribution in [3.05, 3.63) is 29.3 Å². The number of rotatable bonds is 10. The fourth-order valence-corrected chi connectivity index (χ4v) is 4.76. The van der Waals surface area contributed by atoms with Gasteiger partial charge in [-0.2, -0.15) is 0 Å². The number of imidazole rings is 1. The van der Waals surface area contributed by atoms with Crippen LogP contribution in [-0.4, -0.2) is 51.2 Å². The first-order valence-corrected chi connectivity index (χ1v) is 13.1. The second-order valence-electron chi connectivity index (χ2n) is 10.4. The van der Waals surface area contributed by atoms with Gasteiger partial charge in [0.2, 0.25) is 17.7 Å². The summed E-state index contributed by atoms with van der Waals surface area (Å²) in [4.78, 5) is 48.4. The summed E-state index contributed by atoms with van der Waals surface area (Å²) in [6, 6.07) is 1.80. The van der Waals surface area contributed by atoms with E-state index in [1.807, 2.05) is 18.7 Å². The summed E-state index contributed by atoms with van der Waals surface area (Å²) in [7, 11) is 0. The van der Waals surface area contributed by atoms with Crippen LogP contribution in [0.25, 0.3) is 11.0 Å². The molecule has 0 saturated carbocycles. The van der Waals surface area contributed by atoms with Crippen molar-refractivity contribution in [2.75, 3.05) is 6.54 Å². The number of nitrogens with one attached hydrogen (secondary N) is 3. The first-order chi connectivity index (χ1) is 17.1. The van der Waals surface area contributed by atoms with Crippen molar-refractivity contribution in [3.8, 4) is 0 Å². The summed E-state index contributed by atoms with van der Waals surface area (Å²) >= 11 is 0. The zero-order valence-electron chi connectivity index (χ0n) is 22.1. The largest absolute Gasteiger partial charge is 0.345 e. The first kappa shape index (κ1) is 27.6. The lowest BCUT2D eigenvalue weighted by molar-refractivity contribution is -0.139. The number of likely N-dealkylation sites (tertiary alicyclic amines) is 1. The Hall–Kier alpha value is -2.97. The Balaban J connectivity index is 1.74. The molecule has 3 N–H and O–H groups in total. The van der Waals surface area contributed by atoms with Crippen LogP contribution in [0.3, 0.4) is 0 Å². The molecule has 2 aromatic rings. The molecule has 2 heterocycles. The molecule has 1 fully saturated rings. The molecule has 0 unspecified atom stereocenters. The number of fused-ring (bicyclic) bond motifs is 1. The minimum Gasteiger partial charge on any atom is -0.345 e. The van der Waals surface area contributed by atoms with Crippen molar-refractivity contribution in [2.45, 2.75) is 97.7 Å². The zero-order chi connectivity index (χ0) is 26.4. The lowest BCUT2D eigenvalue weighted by Crippen LogP contribution is -2.52. The van der Waals surface area contributed by atoms with E-state index < -0.39 is 23.8 Å². The average Bonchev–Trinajstić information content (AvgIpc) is 3.26. The Bertz CT molecular complexity index is 1080. The van der Waals surface area contributed by atoms with E-state index in [1.165, 1.54) is 6.07 Å². The fourth-order valence-electron chi connectivity index (χ4n) is 4.76. The van der Waals surface area contributed by atoms with E-state index in [9.17, 15) is 18.8 Å². The van der Waals surface area contributed by atoms with Gasteiger partial charge in [-0.3, -0.25) is 14.4 Å². The summed E-state index contributed by atoms with van der Waals surface area (Å²) in [5.74, 6) is -0.521. The smallest absolute Gasteiger partial charge is 0.243 e. The second kappa shape index (κ2) is 12.3. The number of amides is 3. The zero-order valence-corrected chi connectivity index (χ0v) is 22.1. The third-order valence-electron chi connectivity index (χ3n) is 6.87. The molecule has 1 aliphatic heterocycles. The van der Waals surface area contributed by atoms with Crippen LogP contribution >= 0.6 is 0 Å². The van der Waals surface area contributed by atoms with Crippen LogP contribution in [-0.2, 0) is 14.4 Å². The van der Waals surface area contributed by atoms with Crippen molar-refractivity contribution in [1.82, 2.24) is 25.5 Å². The molecule has 1 aliphatic rings. The van der Waals surface area contributed by atoms with Gasteiger partial charge in [0.05, 0.1) is 18.0 Å². The molecule has 1 aromatic heterocycles. The van der Waals surface area contributed by atoms with Crippen molar-refractivity contribution >= 4 is 28.8 Å². The monoisotopic (exact) mass is 501 g/mol. The van der Waals surface area contributed by atoms with Crippen molar-refractivity contribution in [3.63, 3.8) is 0 Å². The lowest BCUT2D eigenvalue weighted by Gasteiger charge is -2.36. The number of hydrogen-bond donors (Lipinski definition) is 3. The molecule has 0 aliphatic carbocycles. The van der Waals surface area contributed by atoms with Gasteiger partial charge in [0.25, 0.3) is 0 Å². The van der Waals surface area contributed by atoms with Gasteiger partial charge in [-0.25, -0.2) is 9.37 Å². The van der Waals surface area contributed by atoms with Gasteiger partial charge in [0, 0.05) is 19.0 Å². The quantitative estimate of drug-likeness (QED) is 0.451. The maximum absolute atomic E-state index is 14.3. The van der Waals surface area contributed by atoms with Crippen LogP contribution in [0.15, 0.2) is 12.1 Å². The van der Waals surface area contributed by atoms with Gasteiger partial charge < -0.3 is 20.5 Å². The normalized spacial score (nSPS) is 17.8. The Kier molecular flexibility index (Phi) is 9.45. The number of carbonyl (C=O) groups excluding carboxylic acids is 3. The van der Waals surface area contributed by atoms with Crippen LogP contribution < -0.4 is 10.6 Å². The highest BCUT2D eigenvalue weighted by molar-refractivity contribution is 5.92. The molecule has 0 radical (unpaired) electrons. The lowest BCUT2D eigenvalue weighted by atomic mass is 9.98. The van der Waals surface area contributed by atoms with Gasteiger partial charge in [0.1, 0.15) is 17.4 Å². The standard InChI is InChI=1S/C27H40FN5O3/c1-6-19-9-7-8-12-33(19)24(35)15-22(30-23(34)11-10-16(2)3)27(36)29-18(5)26-31-21-14-17(4)13-20(28)25(21)32-26/h13-14,16,18-19,22H,6-12,15H2,1-5H3,(H,29,36)(H,30,34)(H,31,32)/t18-,19-,22-/m0/s1. The third kappa shape index (κ3) is 7.04. The summed E-state index contributed by atoms with van der Waals surface area (Å²) in [5, 5.41) is 5.64. The van der Waals surface area contributed by atoms with Gasteiger partial charge >= 0.3 is 0 Å². The number of aryl methyl sites for hydroxylation is 1. The molecule has 8 nitrogen and oxygen atoms in total. The highest BCUT2D eigenvalue weighted by Crippen LogP contribution is 2.22. The number of aromatic nitrogens is 2. The van der Waals surface area contributed by atoms with Gasteiger partial charge in [-0.1, -0.05) is 20.8 Å². The van der Waals surface area contributed by atoms with Crippen molar-refractivity contribution in [1.29, 1.82) is 0 Å². The summed E-state index contributed by atoms with van der Waals surface area (Å²) in [6.07, 6.45) is 4.73. The third-order valence-corrected chi connectivity index (χ3v) is 6.87. The maximum Gasteiger partial charge on any atom is 0.243 e. The second-order valence-corrected chi connectivity index (χ2v) is 10.4. The molecule has 9 heteroatoms. The Morgan fingerprint density at radius 1 is 1.19 bits per heavy atom. The molecule has 3 amide bonds. The maximum atomic E-state index is 14.3. The van der Waals surface area contributed by atoms with E-state index in [2.05, 4.69) is 27.5 Å². The summed E-state index contributed by atoms with van der Waals surface area (Å²) in [5.41, 5.74) is 1.52. The Labute approximate surface area is 212 Å².